The van der Waals surface area contributed by atoms with Gasteiger partial charge in [-0.15, -0.1) is 0 Å². The molecule has 0 aromatic heterocycles. The van der Waals surface area contributed by atoms with Crippen LogP contribution in [0.4, 0.5) is 0 Å². The molecule has 3 heterocycles. The van der Waals surface area contributed by atoms with Gasteiger partial charge in [0.05, 0.1) is 24.9 Å². The Hall–Kier alpha value is -1.29. The highest BCUT2D eigenvalue weighted by atomic mass is 32.2. The summed E-state index contributed by atoms with van der Waals surface area (Å²) in [5, 5.41) is 1.32. The Kier molecular flexibility index (Phi) is 5.25. The molecule has 0 aromatic rings. The number of ether oxygens (including phenoxy) is 2. The fourth-order valence-corrected chi connectivity index (χ4v) is 6.21. The zero-order valence-electron chi connectivity index (χ0n) is 17.2. The van der Waals surface area contributed by atoms with E-state index in [1.807, 2.05) is 11.8 Å². The minimum absolute atomic E-state index is 0.593. The van der Waals surface area contributed by atoms with Gasteiger partial charge in [-0.3, -0.25) is 0 Å². The molecular formula is C23H32N2O2S. The van der Waals surface area contributed by atoms with E-state index in [1.165, 1.54) is 80.2 Å². The number of rotatable bonds is 5. The summed E-state index contributed by atoms with van der Waals surface area (Å²) in [6.45, 7) is 4.97. The predicted molar refractivity (Wildman–Crippen MR) is 113 cm³/mol. The van der Waals surface area contributed by atoms with Crippen molar-refractivity contribution < 1.29 is 9.47 Å². The van der Waals surface area contributed by atoms with Crippen molar-refractivity contribution in [3.8, 4) is 0 Å². The van der Waals surface area contributed by atoms with Gasteiger partial charge in [0.2, 0.25) is 0 Å². The van der Waals surface area contributed by atoms with Crippen LogP contribution in [0.2, 0.25) is 0 Å². The molecule has 0 bridgehead atoms. The molecule has 28 heavy (non-hydrogen) atoms. The molecule has 4 nitrogen and oxygen atoms in total. The number of likely N-dealkylation sites (tertiary alicyclic amines) is 2. The average Bonchev–Trinajstić information content (AvgIpc) is 3.48. The van der Waals surface area contributed by atoms with Crippen LogP contribution in [0.1, 0.15) is 44.9 Å². The first-order valence-electron chi connectivity index (χ1n) is 11.0. The van der Waals surface area contributed by atoms with Crippen molar-refractivity contribution in [2.24, 2.45) is 11.8 Å². The summed E-state index contributed by atoms with van der Waals surface area (Å²) in [6.07, 6.45) is 11.3. The van der Waals surface area contributed by atoms with Crippen molar-refractivity contribution in [2.45, 2.75) is 51.0 Å². The van der Waals surface area contributed by atoms with Gasteiger partial charge in [-0.25, -0.2) is 0 Å². The second kappa shape index (κ2) is 7.85. The number of allylic oxidation sites excluding steroid dienone is 4. The molecule has 152 valence electrons. The molecule has 5 aliphatic rings. The second-order valence-electron chi connectivity index (χ2n) is 8.77. The van der Waals surface area contributed by atoms with Gasteiger partial charge in [0.1, 0.15) is 10.8 Å². The maximum absolute atomic E-state index is 5.77. The maximum atomic E-state index is 5.77. The number of hydrogen-bond donors (Lipinski definition) is 0. The highest BCUT2D eigenvalue weighted by Gasteiger charge is 2.44. The van der Waals surface area contributed by atoms with Crippen LogP contribution in [0.15, 0.2) is 38.8 Å². The van der Waals surface area contributed by atoms with Gasteiger partial charge in [0.25, 0.3) is 0 Å². The summed E-state index contributed by atoms with van der Waals surface area (Å²) < 4.78 is 11.4. The third kappa shape index (κ3) is 3.53. The Morgan fingerprint density at radius 1 is 1.04 bits per heavy atom. The first kappa shape index (κ1) is 18.7. The van der Waals surface area contributed by atoms with Gasteiger partial charge in [-0.2, -0.15) is 0 Å². The molecule has 5 rings (SSSR count). The molecule has 2 unspecified atom stereocenters. The number of fused-ring (bicyclic) bond motifs is 1. The first-order chi connectivity index (χ1) is 13.8. The van der Waals surface area contributed by atoms with E-state index in [9.17, 15) is 0 Å². The van der Waals surface area contributed by atoms with Gasteiger partial charge in [-0.1, -0.05) is 23.9 Å². The molecule has 0 amide bonds. The standard InChI is InChI=1S/C23H32N2O2S/c1-26-20-13-16-12-18(16)21(27-2)14-19(20)22-15-23(28-22)25-10-6-17(7-11-25)24-8-4-3-5-9-24/h14,16-18H,3-13H2,1-2H3. The Morgan fingerprint density at radius 3 is 2.46 bits per heavy atom. The van der Waals surface area contributed by atoms with Crippen molar-refractivity contribution in [1.82, 2.24) is 9.80 Å². The van der Waals surface area contributed by atoms with E-state index in [4.69, 9.17) is 9.47 Å². The SMILES string of the molecule is COC1=CC(C2=C=C(N3CCC(N4CCCCC4)CC3)S2)=C(OC)CC2CC12. The fourth-order valence-electron chi connectivity index (χ4n) is 5.28. The molecular weight excluding hydrogens is 368 g/mol. The fraction of sp³-hybridized carbons (Fsp3) is 0.696. The summed E-state index contributed by atoms with van der Waals surface area (Å²) in [5.41, 5.74) is 4.85. The van der Waals surface area contributed by atoms with Crippen LogP contribution in [0.3, 0.4) is 0 Å². The molecule has 0 radical (unpaired) electrons. The third-order valence-corrected chi connectivity index (χ3v) is 8.21. The molecule has 2 atom stereocenters. The molecule has 3 fully saturated rings. The van der Waals surface area contributed by atoms with E-state index in [1.54, 1.807) is 14.2 Å². The van der Waals surface area contributed by atoms with Crippen LogP contribution < -0.4 is 0 Å². The first-order valence-corrected chi connectivity index (χ1v) is 11.8. The Balaban J connectivity index is 1.28. The number of nitrogens with zero attached hydrogens (tertiary/aromatic N) is 2. The molecule has 3 aliphatic heterocycles. The zero-order chi connectivity index (χ0) is 19.1. The molecule has 2 aliphatic carbocycles. The lowest BCUT2D eigenvalue weighted by Crippen LogP contribution is -2.46. The van der Waals surface area contributed by atoms with Crippen LogP contribution in [0, 0.1) is 11.8 Å². The zero-order valence-corrected chi connectivity index (χ0v) is 18.0. The summed E-state index contributed by atoms with van der Waals surface area (Å²) in [7, 11) is 3.60. The van der Waals surface area contributed by atoms with Crippen molar-refractivity contribution in [3.05, 3.63) is 38.8 Å². The Labute approximate surface area is 173 Å². The molecule has 0 aromatic carbocycles. The van der Waals surface area contributed by atoms with Crippen molar-refractivity contribution in [1.29, 1.82) is 0 Å². The quantitative estimate of drug-likeness (QED) is 0.634. The summed E-state index contributed by atoms with van der Waals surface area (Å²) in [4.78, 5) is 6.51. The molecule has 1 saturated carbocycles. The average molecular weight is 401 g/mol. The van der Waals surface area contributed by atoms with Gasteiger partial charge in [0, 0.05) is 37.0 Å². The van der Waals surface area contributed by atoms with Gasteiger partial charge in [-0.05, 0) is 57.2 Å². The van der Waals surface area contributed by atoms with Crippen molar-refractivity contribution in [3.63, 3.8) is 0 Å². The molecule has 5 heteroatoms. The van der Waals surface area contributed by atoms with Crippen LogP contribution in [0.5, 0.6) is 0 Å². The minimum Gasteiger partial charge on any atom is -0.501 e. The topological polar surface area (TPSA) is 24.9 Å². The van der Waals surface area contributed by atoms with Crippen LogP contribution in [0.25, 0.3) is 0 Å². The number of hydrogen-bond acceptors (Lipinski definition) is 5. The van der Waals surface area contributed by atoms with Gasteiger partial charge >= 0.3 is 0 Å². The van der Waals surface area contributed by atoms with E-state index in [0.29, 0.717) is 11.8 Å². The Morgan fingerprint density at radius 2 is 1.79 bits per heavy atom. The summed E-state index contributed by atoms with van der Waals surface area (Å²) in [6, 6.07) is 0.800. The van der Waals surface area contributed by atoms with Crippen LogP contribution in [-0.2, 0) is 9.47 Å². The highest BCUT2D eigenvalue weighted by molar-refractivity contribution is 8.07. The minimum atomic E-state index is 0.593. The largest absolute Gasteiger partial charge is 0.501 e. The number of piperidine rings is 2. The number of methoxy groups -OCH3 is 2. The lowest BCUT2D eigenvalue weighted by molar-refractivity contribution is 0.108. The predicted octanol–water partition coefficient (Wildman–Crippen LogP) is 4.48. The van der Waals surface area contributed by atoms with Gasteiger partial charge < -0.3 is 19.3 Å². The van der Waals surface area contributed by atoms with Crippen molar-refractivity contribution >= 4 is 11.8 Å². The van der Waals surface area contributed by atoms with Gasteiger partial charge in [0.15, 0.2) is 0 Å². The molecule has 0 spiro atoms. The molecule has 2 saturated heterocycles. The smallest absolute Gasteiger partial charge is 0.121 e. The lowest BCUT2D eigenvalue weighted by atomic mass is 10.00. The van der Waals surface area contributed by atoms with Crippen molar-refractivity contribution in [2.75, 3.05) is 40.4 Å². The maximum Gasteiger partial charge on any atom is 0.121 e. The van der Waals surface area contributed by atoms with E-state index in [0.717, 1.165) is 24.0 Å². The normalized spacial score (nSPS) is 31.2. The highest BCUT2D eigenvalue weighted by Crippen LogP contribution is 2.53. The van der Waals surface area contributed by atoms with E-state index >= 15 is 0 Å². The monoisotopic (exact) mass is 400 g/mol. The van der Waals surface area contributed by atoms with Crippen LogP contribution in [-0.4, -0.2) is 56.2 Å². The van der Waals surface area contributed by atoms with E-state index < -0.39 is 0 Å². The number of thioether (sulfide) groups is 1. The molecule has 0 N–H and O–H groups in total. The summed E-state index contributed by atoms with van der Waals surface area (Å²) >= 11 is 1.88. The van der Waals surface area contributed by atoms with E-state index in [-0.39, 0.29) is 0 Å². The third-order valence-electron chi connectivity index (χ3n) is 7.13. The lowest BCUT2D eigenvalue weighted by Gasteiger charge is -2.41. The summed E-state index contributed by atoms with van der Waals surface area (Å²) in [5.74, 6) is 3.52. The second-order valence-corrected chi connectivity index (χ2v) is 9.77. The van der Waals surface area contributed by atoms with Crippen LogP contribution >= 0.6 is 11.8 Å². The Bertz CT molecular complexity index is 751. The van der Waals surface area contributed by atoms with E-state index in [2.05, 4.69) is 21.6 Å².